The molecule has 0 aliphatic carbocycles. The molecule has 0 bridgehead atoms. The van der Waals surface area contributed by atoms with Crippen LogP contribution in [0.1, 0.15) is 188 Å². The van der Waals surface area contributed by atoms with Gasteiger partial charge in [-0.15, -0.1) is 0 Å². The van der Waals surface area contributed by atoms with E-state index in [1.807, 2.05) is 128 Å². The van der Waals surface area contributed by atoms with Crippen LogP contribution in [-0.2, 0) is 28.6 Å². The van der Waals surface area contributed by atoms with Crippen molar-refractivity contribution in [2.24, 2.45) is 0 Å². The van der Waals surface area contributed by atoms with Crippen molar-refractivity contribution >= 4 is 17.9 Å². The molecule has 362 valence electrons. The minimum atomic E-state index is -0.830. The molecule has 0 aliphatic rings. The number of ether oxygens (including phenoxy) is 3. The quantitative estimate of drug-likeness (QED) is 0.0263. The van der Waals surface area contributed by atoms with E-state index in [9.17, 15) is 14.4 Å². The zero-order valence-corrected chi connectivity index (χ0v) is 41.2. The first-order valence-electron chi connectivity index (χ1n) is 25.5. The molecule has 6 heteroatoms. The third-order valence-electron chi connectivity index (χ3n) is 10.2. The van der Waals surface area contributed by atoms with E-state index in [1.54, 1.807) is 0 Å². The molecule has 0 saturated heterocycles. The fraction of sp³-hybridized carbons (Fsp3) is 0.542. The van der Waals surface area contributed by atoms with Gasteiger partial charge in [0.2, 0.25) is 0 Å². The van der Waals surface area contributed by atoms with E-state index >= 15 is 0 Å². The van der Waals surface area contributed by atoms with Crippen LogP contribution in [0.2, 0.25) is 0 Å². The molecule has 0 radical (unpaired) electrons. The predicted octanol–water partition coefficient (Wildman–Crippen LogP) is 16.9. The number of esters is 3. The van der Waals surface area contributed by atoms with Gasteiger partial charge in [-0.1, -0.05) is 263 Å². The van der Waals surface area contributed by atoms with Crippen molar-refractivity contribution in [2.75, 3.05) is 13.2 Å². The highest BCUT2D eigenvalue weighted by molar-refractivity contribution is 5.71. The molecular formula is C59H90O6. The van der Waals surface area contributed by atoms with Crippen LogP contribution < -0.4 is 0 Å². The van der Waals surface area contributed by atoms with Crippen LogP contribution in [0.3, 0.4) is 0 Å². The summed E-state index contributed by atoms with van der Waals surface area (Å²) in [7, 11) is 0. The highest BCUT2D eigenvalue weighted by Crippen LogP contribution is 2.15. The molecule has 0 rings (SSSR count). The number of allylic oxidation sites excluding steroid dienone is 24. The molecule has 0 aliphatic heterocycles. The fourth-order valence-corrected chi connectivity index (χ4v) is 6.40. The lowest BCUT2D eigenvalue weighted by atomic mass is 10.0. The lowest BCUT2D eigenvalue weighted by Crippen LogP contribution is -2.30. The maximum atomic E-state index is 12.8. The first-order valence-corrected chi connectivity index (χ1v) is 25.5. The average Bonchev–Trinajstić information content (AvgIpc) is 3.30. The van der Waals surface area contributed by atoms with E-state index in [-0.39, 0.29) is 44.0 Å². The first kappa shape index (κ1) is 60.3. The molecule has 0 aromatic carbocycles. The van der Waals surface area contributed by atoms with Gasteiger partial charge in [0.15, 0.2) is 6.10 Å². The Kier molecular flexibility index (Phi) is 48.2. The van der Waals surface area contributed by atoms with Gasteiger partial charge in [0.05, 0.1) is 0 Å². The number of carbonyl (C=O) groups is 3. The predicted molar refractivity (Wildman–Crippen MR) is 279 cm³/mol. The second kappa shape index (κ2) is 51.9. The summed E-state index contributed by atoms with van der Waals surface area (Å²) in [5, 5.41) is 0. The molecule has 0 amide bonds. The summed E-state index contributed by atoms with van der Waals surface area (Å²) in [6.45, 7) is 6.22. The van der Waals surface area contributed by atoms with Gasteiger partial charge in [-0.25, -0.2) is 0 Å². The van der Waals surface area contributed by atoms with Gasteiger partial charge in [-0.05, 0) is 51.4 Å². The van der Waals surface area contributed by atoms with E-state index in [4.69, 9.17) is 14.2 Å². The minimum absolute atomic E-state index is 0.129. The Morgan fingerprint density at radius 1 is 0.323 bits per heavy atom. The number of rotatable bonds is 43. The van der Waals surface area contributed by atoms with Crippen LogP contribution in [0.5, 0.6) is 0 Å². The molecule has 1 atom stereocenters. The van der Waals surface area contributed by atoms with Gasteiger partial charge < -0.3 is 14.2 Å². The third kappa shape index (κ3) is 50.2. The molecule has 0 aromatic heterocycles. The molecule has 0 N–H and O–H groups in total. The van der Waals surface area contributed by atoms with Gasteiger partial charge >= 0.3 is 17.9 Å². The maximum absolute atomic E-state index is 12.8. The van der Waals surface area contributed by atoms with Crippen LogP contribution in [-0.4, -0.2) is 37.2 Å². The van der Waals surface area contributed by atoms with E-state index in [2.05, 4.69) is 39.0 Å². The van der Waals surface area contributed by atoms with Crippen molar-refractivity contribution in [1.29, 1.82) is 0 Å². The normalized spacial score (nSPS) is 13.3. The SMILES string of the molecule is CC/C=C/C=C/C=C/C=C/C=C/C=C/C=C/CCCCCC(=O)OCC(COC(=O)CCC/C=C/C=C/C=C/C=C/C=C/CC)OC(=O)CCCCCCCCCCCCCCCCC. The second-order valence-corrected chi connectivity index (χ2v) is 16.3. The van der Waals surface area contributed by atoms with Crippen LogP contribution in [0.4, 0.5) is 0 Å². The minimum Gasteiger partial charge on any atom is -0.462 e. The molecule has 0 spiro atoms. The molecule has 6 nitrogen and oxygen atoms in total. The summed E-state index contributed by atoms with van der Waals surface area (Å²) >= 11 is 0. The lowest BCUT2D eigenvalue weighted by molar-refractivity contribution is -0.167. The van der Waals surface area contributed by atoms with Crippen molar-refractivity contribution < 1.29 is 28.6 Å². The Labute approximate surface area is 397 Å². The number of unbranched alkanes of at least 4 members (excludes halogenated alkanes) is 18. The summed E-state index contributed by atoms with van der Waals surface area (Å²) in [4.78, 5) is 37.9. The smallest absolute Gasteiger partial charge is 0.306 e. The highest BCUT2D eigenvalue weighted by Gasteiger charge is 2.19. The summed E-state index contributed by atoms with van der Waals surface area (Å²) < 4.78 is 16.7. The van der Waals surface area contributed by atoms with E-state index in [0.29, 0.717) is 19.3 Å². The van der Waals surface area contributed by atoms with Crippen LogP contribution >= 0.6 is 0 Å². The average molecular weight is 895 g/mol. The number of hydrogen-bond donors (Lipinski definition) is 0. The summed E-state index contributed by atoms with van der Waals surface area (Å²) in [5.41, 5.74) is 0. The van der Waals surface area contributed by atoms with Crippen LogP contribution in [0.25, 0.3) is 0 Å². The zero-order chi connectivity index (χ0) is 47.2. The topological polar surface area (TPSA) is 78.9 Å². The van der Waals surface area contributed by atoms with Crippen molar-refractivity contribution in [2.45, 2.75) is 194 Å². The van der Waals surface area contributed by atoms with Gasteiger partial charge in [0.1, 0.15) is 13.2 Å². The Bertz CT molecular complexity index is 1490. The van der Waals surface area contributed by atoms with Crippen molar-refractivity contribution in [3.05, 3.63) is 146 Å². The van der Waals surface area contributed by atoms with Crippen molar-refractivity contribution in [3.63, 3.8) is 0 Å². The monoisotopic (exact) mass is 895 g/mol. The molecule has 65 heavy (non-hydrogen) atoms. The maximum Gasteiger partial charge on any atom is 0.306 e. The Balaban J connectivity index is 4.60. The van der Waals surface area contributed by atoms with Gasteiger partial charge in [0.25, 0.3) is 0 Å². The van der Waals surface area contributed by atoms with Crippen molar-refractivity contribution in [3.8, 4) is 0 Å². The summed E-state index contributed by atoms with van der Waals surface area (Å²) in [5.74, 6) is -1.05. The Hall–Kier alpha value is -4.71. The van der Waals surface area contributed by atoms with Crippen LogP contribution in [0.15, 0.2) is 146 Å². The largest absolute Gasteiger partial charge is 0.462 e. The molecule has 1 unspecified atom stereocenters. The molecule has 0 heterocycles. The van der Waals surface area contributed by atoms with E-state index < -0.39 is 6.10 Å². The van der Waals surface area contributed by atoms with Crippen molar-refractivity contribution in [1.82, 2.24) is 0 Å². The lowest BCUT2D eigenvalue weighted by Gasteiger charge is -2.18. The number of carbonyl (C=O) groups excluding carboxylic acids is 3. The molecule has 0 fully saturated rings. The van der Waals surface area contributed by atoms with Gasteiger partial charge in [-0.2, -0.15) is 0 Å². The summed E-state index contributed by atoms with van der Waals surface area (Å²) in [6.07, 6.45) is 74.0. The Morgan fingerprint density at radius 2 is 0.615 bits per heavy atom. The fourth-order valence-electron chi connectivity index (χ4n) is 6.40. The van der Waals surface area contributed by atoms with Gasteiger partial charge in [-0.3, -0.25) is 14.4 Å². The molecular weight excluding hydrogens is 805 g/mol. The first-order chi connectivity index (χ1) is 32.0. The van der Waals surface area contributed by atoms with E-state index in [0.717, 1.165) is 57.8 Å². The highest BCUT2D eigenvalue weighted by atomic mass is 16.6. The van der Waals surface area contributed by atoms with E-state index in [1.165, 1.54) is 77.0 Å². The number of hydrogen-bond acceptors (Lipinski definition) is 6. The molecule has 0 saturated carbocycles. The third-order valence-corrected chi connectivity index (χ3v) is 10.2. The molecule has 0 aromatic rings. The summed E-state index contributed by atoms with van der Waals surface area (Å²) in [6, 6.07) is 0. The van der Waals surface area contributed by atoms with Gasteiger partial charge in [0, 0.05) is 19.3 Å². The Morgan fingerprint density at radius 3 is 1.00 bits per heavy atom. The standard InChI is InChI=1S/C59H90O6/c1-4-7-10-13-16-19-22-25-27-28-29-30-32-34-37-40-43-46-49-52-58(61)64-55-56(54-63-57(60)51-48-45-42-39-36-33-24-21-18-15-12-9-6-3)65-59(62)53-50-47-44-41-38-35-31-26-23-20-17-14-11-8-5-2/h7,9-10,12-13,15-16,18-19,21-22,24-25,27-30,32-34,36-37,39,42,56H,4-6,8,11,14,17,20,23,26,31,35,38,40-41,43-55H2,1-3H3/b10-7+,12-9+,16-13+,18-15+,22-19+,24-21+,27-25+,29-28+,32-30+,36-33+,37-34+,42-39+. The van der Waals surface area contributed by atoms with Crippen LogP contribution in [0, 0.1) is 0 Å². The zero-order valence-electron chi connectivity index (χ0n) is 41.2. The second-order valence-electron chi connectivity index (χ2n) is 16.3.